The van der Waals surface area contributed by atoms with Gasteiger partial charge in [-0.1, -0.05) is 26.7 Å². The summed E-state index contributed by atoms with van der Waals surface area (Å²) in [5.74, 6) is -5.60. The van der Waals surface area contributed by atoms with Crippen molar-refractivity contribution in [1.29, 1.82) is 0 Å². The van der Waals surface area contributed by atoms with Crippen LogP contribution in [0.1, 0.15) is 79.2 Å². The fourth-order valence-corrected chi connectivity index (χ4v) is 3.45. The van der Waals surface area contributed by atoms with Gasteiger partial charge in [-0.15, -0.1) is 0 Å². The van der Waals surface area contributed by atoms with Gasteiger partial charge >= 0.3 is 23.9 Å². The van der Waals surface area contributed by atoms with Crippen LogP contribution in [0, 0.1) is 0 Å². The summed E-state index contributed by atoms with van der Waals surface area (Å²) in [5.41, 5.74) is 0.343. The molecule has 0 aromatic heterocycles. The standard InChI is InChI=1S/C22H22O8/c1-3-5-11-7-15(19(23)24)17(21(27)28)9-13(11)14-10-18(22(29)30)16(20(25)26)8-12(14)6-4-2/h7-10H,3-6H2,1-2H3,(H,23,24)(H,25,26)(H,27,28)(H,29,30). The molecule has 2 aromatic carbocycles. The summed E-state index contributed by atoms with van der Waals surface area (Å²) in [5, 5.41) is 37.8. The van der Waals surface area contributed by atoms with Crippen LogP contribution in [-0.4, -0.2) is 44.3 Å². The Hall–Kier alpha value is -3.68. The molecule has 0 saturated carbocycles. The Morgan fingerprint density at radius 2 is 0.833 bits per heavy atom. The summed E-state index contributed by atoms with van der Waals surface area (Å²) in [7, 11) is 0. The minimum Gasteiger partial charge on any atom is -0.478 e. The van der Waals surface area contributed by atoms with Crippen LogP contribution in [0.2, 0.25) is 0 Å². The van der Waals surface area contributed by atoms with Gasteiger partial charge in [0.25, 0.3) is 0 Å². The van der Waals surface area contributed by atoms with Crippen LogP contribution in [0.4, 0.5) is 0 Å². The number of hydrogen-bond donors (Lipinski definition) is 4. The van der Waals surface area contributed by atoms with Gasteiger partial charge in [-0.05, 0) is 59.4 Å². The van der Waals surface area contributed by atoms with Gasteiger partial charge < -0.3 is 20.4 Å². The van der Waals surface area contributed by atoms with E-state index in [4.69, 9.17) is 0 Å². The SMILES string of the molecule is CCCc1cc(C(=O)O)c(C(=O)O)cc1-c1cc(C(=O)O)c(C(=O)O)cc1CCC. The van der Waals surface area contributed by atoms with E-state index in [1.165, 1.54) is 24.3 Å². The quantitative estimate of drug-likeness (QED) is 0.480. The normalized spacial score (nSPS) is 10.6. The lowest BCUT2D eigenvalue weighted by Crippen LogP contribution is -2.12. The Morgan fingerprint density at radius 3 is 1.07 bits per heavy atom. The summed E-state index contributed by atoms with van der Waals surface area (Å²) in [6.07, 6.45) is 2.15. The van der Waals surface area contributed by atoms with E-state index in [0.717, 1.165) is 0 Å². The zero-order valence-electron chi connectivity index (χ0n) is 16.6. The minimum atomic E-state index is -1.42. The van der Waals surface area contributed by atoms with Gasteiger partial charge in [0, 0.05) is 0 Å². The first kappa shape index (κ1) is 22.6. The third-order valence-corrected chi connectivity index (χ3v) is 4.74. The molecule has 0 amide bonds. The summed E-state index contributed by atoms with van der Waals surface area (Å²) >= 11 is 0. The van der Waals surface area contributed by atoms with E-state index in [2.05, 4.69) is 0 Å². The van der Waals surface area contributed by atoms with Gasteiger partial charge in [-0.2, -0.15) is 0 Å². The first-order valence-electron chi connectivity index (χ1n) is 9.39. The van der Waals surface area contributed by atoms with Crippen LogP contribution in [0.3, 0.4) is 0 Å². The fourth-order valence-electron chi connectivity index (χ4n) is 3.45. The minimum absolute atomic E-state index is 0.354. The predicted molar refractivity (Wildman–Crippen MR) is 108 cm³/mol. The maximum absolute atomic E-state index is 11.7. The molecule has 0 heterocycles. The molecule has 8 heteroatoms. The number of carboxylic acid groups (broad SMARTS) is 4. The van der Waals surface area contributed by atoms with Gasteiger partial charge in [0.15, 0.2) is 0 Å². The summed E-state index contributed by atoms with van der Waals surface area (Å²) in [6, 6.07) is 5.06. The number of hydrogen-bond acceptors (Lipinski definition) is 4. The van der Waals surface area contributed by atoms with E-state index in [1.807, 2.05) is 13.8 Å². The lowest BCUT2D eigenvalue weighted by Gasteiger charge is -2.18. The third-order valence-electron chi connectivity index (χ3n) is 4.74. The monoisotopic (exact) mass is 414 g/mol. The van der Waals surface area contributed by atoms with E-state index in [9.17, 15) is 39.6 Å². The molecule has 0 spiro atoms. The number of aryl methyl sites for hydroxylation is 2. The van der Waals surface area contributed by atoms with Crippen molar-refractivity contribution in [1.82, 2.24) is 0 Å². The molecule has 2 rings (SSSR count). The molecule has 0 fully saturated rings. The molecule has 8 nitrogen and oxygen atoms in total. The Kier molecular flexibility index (Phi) is 6.94. The number of benzene rings is 2. The first-order chi connectivity index (χ1) is 14.1. The summed E-state index contributed by atoms with van der Waals surface area (Å²) < 4.78 is 0. The van der Waals surface area contributed by atoms with Crippen LogP contribution >= 0.6 is 0 Å². The molecular formula is C22H22O8. The Bertz CT molecular complexity index is 952. The van der Waals surface area contributed by atoms with Crippen molar-refractivity contribution in [2.45, 2.75) is 39.5 Å². The van der Waals surface area contributed by atoms with Gasteiger partial charge in [-0.3, -0.25) is 0 Å². The van der Waals surface area contributed by atoms with Gasteiger partial charge in [0.05, 0.1) is 22.3 Å². The topological polar surface area (TPSA) is 149 Å². The van der Waals surface area contributed by atoms with Crippen molar-refractivity contribution < 1.29 is 39.6 Å². The summed E-state index contributed by atoms with van der Waals surface area (Å²) in [4.78, 5) is 46.5. The van der Waals surface area contributed by atoms with Gasteiger partial charge in [-0.25, -0.2) is 19.2 Å². The van der Waals surface area contributed by atoms with E-state index in [-0.39, 0.29) is 11.1 Å². The van der Waals surface area contributed by atoms with Gasteiger partial charge in [0.1, 0.15) is 0 Å². The van der Waals surface area contributed by atoms with Crippen molar-refractivity contribution in [2.24, 2.45) is 0 Å². The second-order valence-corrected chi connectivity index (χ2v) is 6.83. The highest BCUT2D eigenvalue weighted by Crippen LogP contribution is 2.34. The maximum Gasteiger partial charge on any atom is 0.336 e. The van der Waals surface area contributed by atoms with E-state index in [1.54, 1.807) is 0 Å². The lowest BCUT2D eigenvalue weighted by atomic mass is 9.86. The van der Waals surface area contributed by atoms with Crippen LogP contribution < -0.4 is 0 Å². The zero-order valence-corrected chi connectivity index (χ0v) is 16.6. The van der Waals surface area contributed by atoms with E-state index >= 15 is 0 Å². The molecule has 4 N–H and O–H groups in total. The van der Waals surface area contributed by atoms with E-state index in [0.29, 0.717) is 47.9 Å². The van der Waals surface area contributed by atoms with Crippen LogP contribution in [-0.2, 0) is 12.8 Å². The fraction of sp³-hybridized carbons (Fsp3) is 0.273. The average molecular weight is 414 g/mol. The molecule has 0 aliphatic rings. The Morgan fingerprint density at radius 1 is 0.567 bits per heavy atom. The molecule has 0 unspecified atom stereocenters. The smallest absolute Gasteiger partial charge is 0.336 e. The number of aromatic carboxylic acids is 4. The molecule has 158 valence electrons. The van der Waals surface area contributed by atoms with Crippen molar-refractivity contribution in [3.05, 3.63) is 57.6 Å². The average Bonchev–Trinajstić information content (AvgIpc) is 2.67. The highest BCUT2D eigenvalue weighted by atomic mass is 16.4. The Labute approximate surface area is 172 Å². The van der Waals surface area contributed by atoms with E-state index < -0.39 is 35.0 Å². The lowest BCUT2D eigenvalue weighted by molar-refractivity contribution is 0.0651. The summed E-state index contributed by atoms with van der Waals surface area (Å²) in [6.45, 7) is 3.75. The molecule has 0 saturated heterocycles. The van der Waals surface area contributed by atoms with Crippen molar-refractivity contribution >= 4 is 23.9 Å². The second-order valence-electron chi connectivity index (χ2n) is 6.83. The molecule has 0 radical (unpaired) electrons. The number of rotatable bonds is 9. The number of carboxylic acids is 4. The molecule has 0 aliphatic carbocycles. The third kappa shape index (κ3) is 4.48. The highest BCUT2D eigenvalue weighted by Gasteiger charge is 2.24. The van der Waals surface area contributed by atoms with Crippen molar-refractivity contribution in [3.63, 3.8) is 0 Å². The largest absolute Gasteiger partial charge is 0.478 e. The molecule has 2 aromatic rings. The van der Waals surface area contributed by atoms with Crippen LogP contribution in [0.15, 0.2) is 24.3 Å². The van der Waals surface area contributed by atoms with Crippen LogP contribution in [0.5, 0.6) is 0 Å². The number of carbonyl (C=O) groups is 4. The molecule has 0 bridgehead atoms. The van der Waals surface area contributed by atoms with Crippen LogP contribution in [0.25, 0.3) is 11.1 Å². The highest BCUT2D eigenvalue weighted by molar-refractivity contribution is 6.05. The second kappa shape index (κ2) is 9.21. The van der Waals surface area contributed by atoms with Crippen molar-refractivity contribution in [3.8, 4) is 11.1 Å². The molecule has 30 heavy (non-hydrogen) atoms. The predicted octanol–water partition coefficient (Wildman–Crippen LogP) is 4.05. The molecule has 0 aliphatic heterocycles. The Balaban J connectivity index is 2.96. The zero-order chi connectivity index (χ0) is 22.6. The van der Waals surface area contributed by atoms with Crippen molar-refractivity contribution in [2.75, 3.05) is 0 Å². The maximum atomic E-state index is 11.7. The molecular weight excluding hydrogens is 392 g/mol. The van der Waals surface area contributed by atoms with Gasteiger partial charge in [0.2, 0.25) is 0 Å². The molecule has 0 atom stereocenters. The first-order valence-corrected chi connectivity index (χ1v) is 9.39.